The molecule has 1 amide bonds. The molecule has 1 aliphatic carbocycles. The van der Waals surface area contributed by atoms with E-state index < -0.39 is 23.7 Å². The van der Waals surface area contributed by atoms with Crippen LogP contribution in [0.5, 0.6) is 0 Å². The topological polar surface area (TPSA) is 95.9 Å². The lowest BCUT2D eigenvalue weighted by Crippen LogP contribution is -2.45. The molecule has 90 valence electrons. The first-order valence-electron chi connectivity index (χ1n) is 5.37. The Balaban J connectivity index is 1.85. The van der Waals surface area contributed by atoms with E-state index in [1.165, 1.54) is 0 Å². The second-order valence-corrected chi connectivity index (χ2v) is 4.46. The van der Waals surface area contributed by atoms with Gasteiger partial charge < -0.3 is 20.3 Å². The highest BCUT2D eigenvalue weighted by molar-refractivity contribution is 5.83. The van der Waals surface area contributed by atoms with Crippen LogP contribution in [0, 0.1) is 0 Å². The van der Waals surface area contributed by atoms with E-state index in [1.807, 2.05) is 0 Å². The Morgan fingerprint density at radius 3 is 2.38 bits per heavy atom. The standard InChI is InChI=1S/C10H15NO5/c12-5-10(3-4-10)11-8(13)6-1-2-7(16-6)9(14)15/h6-7,12H,1-5H2,(H,11,13)(H,14,15)/t6-,7+/m0/s1. The Bertz CT molecular complexity index is 312. The Labute approximate surface area is 92.6 Å². The third kappa shape index (κ3) is 2.17. The molecule has 1 saturated carbocycles. The zero-order chi connectivity index (χ0) is 11.8. The lowest BCUT2D eigenvalue weighted by atomic mass is 10.1. The molecule has 2 atom stereocenters. The van der Waals surface area contributed by atoms with Crippen LogP contribution in [0.15, 0.2) is 0 Å². The quantitative estimate of drug-likeness (QED) is 0.590. The second kappa shape index (κ2) is 4.03. The minimum Gasteiger partial charge on any atom is -0.479 e. The molecule has 1 aliphatic heterocycles. The zero-order valence-electron chi connectivity index (χ0n) is 8.81. The normalized spacial score (nSPS) is 31.1. The Morgan fingerprint density at radius 1 is 1.31 bits per heavy atom. The number of carbonyl (C=O) groups is 2. The predicted octanol–water partition coefficient (Wildman–Crippen LogP) is -0.740. The third-order valence-corrected chi connectivity index (χ3v) is 3.13. The van der Waals surface area contributed by atoms with Crippen LogP contribution in [0.1, 0.15) is 25.7 Å². The van der Waals surface area contributed by atoms with E-state index in [4.69, 9.17) is 14.9 Å². The third-order valence-electron chi connectivity index (χ3n) is 3.13. The van der Waals surface area contributed by atoms with Gasteiger partial charge in [-0.3, -0.25) is 4.79 Å². The van der Waals surface area contributed by atoms with Gasteiger partial charge in [0.15, 0.2) is 6.10 Å². The van der Waals surface area contributed by atoms with E-state index in [9.17, 15) is 9.59 Å². The van der Waals surface area contributed by atoms with Crippen molar-refractivity contribution in [3.63, 3.8) is 0 Å². The minimum absolute atomic E-state index is 0.0756. The molecule has 0 aromatic carbocycles. The summed E-state index contributed by atoms with van der Waals surface area (Å²) >= 11 is 0. The molecule has 6 nitrogen and oxygen atoms in total. The number of aliphatic carboxylic acids is 1. The number of rotatable bonds is 4. The van der Waals surface area contributed by atoms with Crippen molar-refractivity contribution in [3.05, 3.63) is 0 Å². The molecule has 0 bridgehead atoms. The summed E-state index contributed by atoms with van der Waals surface area (Å²) in [5.41, 5.74) is -0.470. The van der Waals surface area contributed by atoms with Crippen molar-refractivity contribution < 1.29 is 24.5 Å². The molecular formula is C10H15NO5. The van der Waals surface area contributed by atoms with Crippen LogP contribution in [0.25, 0.3) is 0 Å². The molecule has 0 unspecified atom stereocenters. The van der Waals surface area contributed by atoms with Gasteiger partial charge in [-0.1, -0.05) is 0 Å². The molecule has 1 heterocycles. The van der Waals surface area contributed by atoms with Crippen LogP contribution in [-0.4, -0.2) is 46.4 Å². The van der Waals surface area contributed by atoms with E-state index in [2.05, 4.69) is 5.32 Å². The van der Waals surface area contributed by atoms with Gasteiger partial charge in [-0.25, -0.2) is 4.79 Å². The maximum atomic E-state index is 11.7. The molecule has 16 heavy (non-hydrogen) atoms. The molecule has 3 N–H and O–H groups in total. The summed E-state index contributed by atoms with van der Waals surface area (Å²) < 4.78 is 5.11. The zero-order valence-corrected chi connectivity index (χ0v) is 8.81. The molecule has 2 fully saturated rings. The maximum Gasteiger partial charge on any atom is 0.332 e. The van der Waals surface area contributed by atoms with E-state index in [1.54, 1.807) is 0 Å². The van der Waals surface area contributed by atoms with Gasteiger partial charge in [0.1, 0.15) is 6.10 Å². The van der Waals surface area contributed by atoms with E-state index in [0.29, 0.717) is 12.8 Å². The lowest BCUT2D eigenvalue weighted by Gasteiger charge is -2.17. The summed E-state index contributed by atoms with van der Waals surface area (Å²) in [6, 6.07) is 0. The molecule has 0 radical (unpaired) electrons. The number of carbonyl (C=O) groups excluding carboxylic acids is 1. The SMILES string of the molecule is O=C(NC1(CO)CC1)[C@@H]1CC[C@H](C(=O)O)O1. The fourth-order valence-corrected chi connectivity index (χ4v) is 1.83. The monoisotopic (exact) mass is 229 g/mol. The van der Waals surface area contributed by atoms with Crippen molar-refractivity contribution >= 4 is 11.9 Å². The molecule has 2 rings (SSSR count). The highest BCUT2D eigenvalue weighted by Gasteiger charge is 2.45. The van der Waals surface area contributed by atoms with E-state index in [0.717, 1.165) is 12.8 Å². The smallest absolute Gasteiger partial charge is 0.332 e. The molecule has 0 aromatic heterocycles. The molecule has 1 saturated heterocycles. The average molecular weight is 229 g/mol. The highest BCUT2D eigenvalue weighted by Crippen LogP contribution is 2.35. The molecule has 0 spiro atoms. The Hall–Kier alpha value is -1.14. The lowest BCUT2D eigenvalue weighted by molar-refractivity contribution is -0.152. The van der Waals surface area contributed by atoms with Crippen LogP contribution in [-0.2, 0) is 14.3 Å². The van der Waals surface area contributed by atoms with Gasteiger partial charge in [-0.15, -0.1) is 0 Å². The Morgan fingerprint density at radius 2 is 1.94 bits per heavy atom. The minimum atomic E-state index is -1.03. The summed E-state index contributed by atoms with van der Waals surface area (Å²) in [6.45, 7) is -0.0756. The van der Waals surface area contributed by atoms with Crippen molar-refractivity contribution in [2.24, 2.45) is 0 Å². The first-order chi connectivity index (χ1) is 7.56. The van der Waals surface area contributed by atoms with Crippen LogP contribution in [0.3, 0.4) is 0 Å². The number of carboxylic acids is 1. The number of nitrogens with one attached hydrogen (secondary N) is 1. The van der Waals surface area contributed by atoms with Crippen molar-refractivity contribution in [2.45, 2.75) is 43.4 Å². The highest BCUT2D eigenvalue weighted by atomic mass is 16.5. The first-order valence-corrected chi connectivity index (χ1v) is 5.37. The number of hydrogen-bond donors (Lipinski definition) is 3. The summed E-state index contributed by atoms with van der Waals surface area (Å²) in [4.78, 5) is 22.3. The predicted molar refractivity (Wildman–Crippen MR) is 52.7 cm³/mol. The van der Waals surface area contributed by atoms with Gasteiger partial charge in [0.2, 0.25) is 5.91 Å². The van der Waals surface area contributed by atoms with E-state index >= 15 is 0 Å². The molecule has 0 aromatic rings. The molecular weight excluding hydrogens is 214 g/mol. The van der Waals surface area contributed by atoms with Gasteiger partial charge >= 0.3 is 5.97 Å². The van der Waals surface area contributed by atoms with Crippen molar-refractivity contribution in [3.8, 4) is 0 Å². The molecule has 6 heteroatoms. The molecule has 2 aliphatic rings. The van der Waals surface area contributed by atoms with Crippen molar-refractivity contribution in [1.29, 1.82) is 0 Å². The van der Waals surface area contributed by atoms with Crippen molar-refractivity contribution in [1.82, 2.24) is 5.32 Å². The number of hydrogen-bond acceptors (Lipinski definition) is 4. The number of aliphatic hydroxyl groups excluding tert-OH is 1. The van der Waals surface area contributed by atoms with Gasteiger partial charge in [-0.05, 0) is 25.7 Å². The van der Waals surface area contributed by atoms with Gasteiger partial charge in [0.05, 0.1) is 12.1 Å². The number of amides is 1. The first kappa shape index (κ1) is 11.3. The summed E-state index contributed by atoms with van der Waals surface area (Å²) in [7, 11) is 0. The van der Waals surface area contributed by atoms with Gasteiger partial charge in [0.25, 0.3) is 0 Å². The van der Waals surface area contributed by atoms with Gasteiger partial charge in [0, 0.05) is 0 Å². The van der Waals surface area contributed by atoms with Crippen LogP contribution in [0.4, 0.5) is 0 Å². The van der Waals surface area contributed by atoms with Crippen LogP contribution >= 0.6 is 0 Å². The van der Waals surface area contributed by atoms with E-state index in [-0.39, 0.29) is 12.5 Å². The maximum absolute atomic E-state index is 11.7. The largest absolute Gasteiger partial charge is 0.479 e. The van der Waals surface area contributed by atoms with Gasteiger partial charge in [-0.2, -0.15) is 0 Å². The van der Waals surface area contributed by atoms with Crippen LogP contribution in [0.2, 0.25) is 0 Å². The average Bonchev–Trinajstić information content (AvgIpc) is 2.83. The number of ether oxygens (including phenoxy) is 1. The van der Waals surface area contributed by atoms with Crippen LogP contribution < -0.4 is 5.32 Å². The summed E-state index contributed by atoms with van der Waals surface area (Å²) in [5, 5.41) is 20.5. The number of aliphatic hydroxyl groups is 1. The summed E-state index contributed by atoms with van der Waals surface area (Å²) in [6.07, 6.45) is 0.753. The fraction of sp³-hybridized carbons (Fsp3) is 0.800. The number of carboxylic acid groups (broad SMARTS) is 1. The Kier molecular flexibility index (Phi) is 2.86. The van der Waals surface area contributed by atoms with Crippen molar-refractivity contribution in [2.75, 3.05) is 6.61 Å². The fourth-order valence-electron chi connectivity index (χ4n) is 1.83. The second-order valence-electron chi connectivity index (χ2n) is 4.46. The summed E-state index contributed by atoms with van der Waals surface area (Å²) in [5.74, 6) is -1.34.